The van der Waals surface area contributed by atoms with Crippen LogP contribution in [-0.2, 0) is 12.8 Å². The highest BCUT2D eigenvalue weighted by atomic mass is 16.5. The molecule has 0 amide bonds. The molecule has 2 aromatic carbocycles. The summed E-state index contributed by atoms with van der Waals surface area (Å²) in [6.07, 6.45) is 5.14. The Morgan fingerprint density at radius 2 is 1.91 bits per heavy atom. The highest BCUT2D eigenvalue weighted by molar-refractivity contribution is 6.04. The van der Waals surface area contributed by atoms with Crippen LogP contribution in [0.2, 0.25) is 0 Å². The molecule has 3 nitrogen and oxygen atoms in total. The lowest BCUT2D eigenvalue weighted by atomic mass is 9.92. The average molecular weight is 291 g/mol. The smallest absolute Gasteiger partial charge is 0.262 e. The van der Waals surface area contributed by atoms with Gasteiger partial charge in [-0.25, -0.2) is 0 Å². The molecule has 1 aromatic heterocycles. The maximum Gasteiger partial charge on any atom is 0.262 e. The van der Waals surface area contributed by atoms with Gasteiger partial charge in [0.25, 0.3) is 5.91 Å². The van der Waals surface area contributed by atoms with Crippen LogP contribution >= 0.6 is 0 Å². The number of carbonyl (C=O) groups excluding carboxylic acids is 1. The summed E-state index contributed by atoms with van der Waals surface area (Å²) in [5.74, 6) is 0.952. The van der Waals surface area contributed by atoms with Crippen molar-refractivity contribution in [2.45, 2.75) is 19.3 Å². The summed E-state index contributed by atoms with van der Waals surface area (Å²) in [5, 5.41) is 1.20. The van der Waals surface area contributed by atoms with Gasteiger partial charge in [-0.15, -0.1) is 0 Å². The molecule has 0 N–H and O–H groups in total. The monoisotopic (exact) mass is 291 g/mol. The van der Waals surface area contributed by atoms with Crippen LogP contribution in [0, 0.1) is 0 Å². The number of benzene rings is 2. The van der Waals surface area contributed by atoms with Crippen LogP contribution in [0.15, 0.2) is 48.7 Å². The van der Waals surface area contributed by atoms with Crippen LogP contribution in [0.1, 0.15) is 27.9 Å². The van der Waals surface area contributed by atoms with Crippen LogP contribution in [-0.4, -0.2) is 17.6 Å². The molecule has 1 aliphatic carbocycles. The predicted molar refractivity (Wildman–Crippen MR) is 86.7 cm³/mol. The summed E-state index contributed by atoms with van der Waals surface area (Å²) >= 11 is 0. The zero-order valence-corrected chi connectivity index (χ0v) is 12.5. The quantitative estimate of drug-likeness (QED) is 0.718. The van der Waals surface area contributed by atoms with Crippen LogP contribution < -0.4 is 4.74 Å². The molecule has 3 aromatic rings. The van der Waals surface area contributed by atoms with E-state index in [1.807, 2.05) is 48.7 Å². The normalized spacial score (nSPS) is 13.3. The molecule has 0 spiro atoms. The number of aryl methyl sites for hydroxylation is 2. The van der Waals surface area contributed by atoms with E-state index in [4.69, 9.17) is 4.74 Å². The molecule has 0 fully saturated rings. The third-order valence-corrected chi connectivity index (χ3v) is 4.45. The lowest BCUT2D eigenvalue weighted by Gasteiger charge is -2.15. The molecule has 3 heteroatoms. The number of rotatable bonds is 2. The molecule has 0 radical (unpaired) electrons. The Morgan fingerprint density at radius 1 is 1.09 bits per heavy atom. The maximum absolute atomic E-state index is 12.8. The van der Waals surface area contributed by atoms with Gasteiger partial charge in [-0.05, 0) is 49.1 Å². The van der Waals surface area contributed by atoms with E-state index in [2.05, 4.69) is 0 Å². The number of hydrogen-bond donors (Lipinski definition) is 0. The van der Waals surface area contributed by atoms with Crippen LogP contribution in [0.4, 0.5) is 0 Å². The van der Waals surface area contributed by atoms with Crippen molar-refractivity contribution >= 4 is 16.8 Å². The minimum Gasteiger partial charge on any atom is -0.496 e. The third-order valence-electron chi connectivity index (χ3n) is 4.45. The Bertz CT molecular complexity index is 862. The van der Waals surface area contributed by atoms with Crippen molar-refractivity contribution < 1.29 is 9.53 Å². The molecule has 0 saturated carbocycles. The molecule has 22 heavy (non-hydrogen) atoms. The fraction of sp³-hybridized carbons (Fsp3) is 0.211. The first kappa shape index (κ1) is 13.1. The summed E-state index contributed by atoms with van der Waals surface area (Å²) in [4.78, 5) is 12.8. The first-order valence-corrected chi connectivity index (χ1v) is 7.59. The van der Waals surface area contributed by atoms with E-state index >= 15 is 0 Å². The Morgan fingerprint density at radius 3 is 2.68 bits per heavy atom. The summed E-state index contributed by atoms with van der Waals surface area (Å²) in [6.45, 7) is 0. The fourth-order valence-electron chi connectivity index (χ4n) is 3.44. The minimum absolute atomic E-state index is 0.0230. The molecule has 1 aliphatic rings. The SMILES string of the molecule is COc1ccc2c3c(cn2C(=O)c2ccccc2)CCCc13. The standard InChI is InChI=1S/C19H17NO2/c1-22-17-11-10-16-18-14(8-5-9-15(17)18)12-20(16)19(21)13-6-3-2-4-7-13/h2-4,6-7,10-12H,5,8-9H2,1H3. The summed E-state index contributed by atoms with van der Waals surface area (Å²) < 4.78 is 7.28. The zero-order chi connectivity index (χ0) is 15.1. The van der Waals surface area contributed by atoms with Gasteiger partial charge < -0.3 is 4.74 Å². The van der Waals surface area contributed by atoms with Crippen molar-refractivity contribution in [1.29, 1.82) is 0 Å². The number of ether oxygens (including phenoxy) is 1. The lowest BCUT2D eigenvalue weighted by Crippen LogP contribution is -2.10. The second kappa shape index (κ2) is 5.02. The zero-order valence-electron chi connectivity index (χ0n) is 12.5. The van der Waals surface area contributed by atoms with Crippen molar-refractivity contribution in [3.63, 3.8) is 0 Å². The van der Waals surface area contributed by atoms with Gasteiger partial charge in [-0.3, -0.25) is 9.36 Å². The van der Waals surface area contributed by atoms with Crippen molar-refractivity contribution in [2.75, 3.05) is 7.11 Å². The summed E-state index contributed by atoms with van der Waals surface area (Å²) in [6, 6.07) is 13.4. The molecule has 110 valence electrons. The Balaban J connectivity index is 1.94. The second-order valence-electron chi connectivity index (χ2n) is 5.69. The number of methoxy groups -OCH3 is 1. The first-order chi connectivity index (χ1) is 10.8. The van der Waals surface area contributed by atoms with E-state index in [1.165, 1.54) is 16.5 Å². The summed E-state index contributed by atoms with van der Waals surface area (Å²) in [5.41, 5.74) is 4.18. The summed E-state index contributed by atoms with van der Waals surface area (Å²) in [7, 11) is 1.71. The number of hydrogen-bond acceptors (Lipinski definition) is 2. The number of aromatic nitrogens is 1. The van der Waals surface area contributed by atoms with Gasteiger partial charge in [0.15, 0.2) is 0 Å². The van der Waals surface area contributed by atoms with Crippen LogP contribution in [0.3, 0.4) is 0 Å². The molecule has 4 rings (SSSR count). The fourth-order valence-corrected chi connectivity index (χ4v) is 3.44. The van der Waals surface area contributed by atoms with Crippen molar-refractivity contribution in [1.82, 2.24) is 4.57 Å². The van der Waals surface area contributed by atoms with Crippen LogP contribution in [0.5, 0.6) is 5.75 Å². The van der Waals surface area contributed by atoms with E-state index in [9.17, 15) is 4.79 Å². The molecular formula is C19H17NO2. The molecule has 0 unspecified atom stereocenters. The van der Waals surface area contributed by atoms with E-state index in [0.717, 1.165) is 30.5 Å². The maximum atomic E-state index is 12.8. The third kappa shape index (κ3) is 1.86. The minimum atomic E-state index is 0.0230. The van der Waals surface area contributed by atoms with Gasteiger partial charge in [0.2, 0.25) is 0 Å². The van der Waals surface area contributed by atoms with E-state index in [0.29, 0.717) is 5.56 Å². The Labute approximate surface area is 129 Å². The number of carbonyl (C=O) groups is 1. The van der Waals surface area contributed by atoms with Gasteiger partial charge in [0.05, 0.1) is 12.6 Å². The predicted octanol–water partition coefficient (Wildman–Crippen LogP) is 3.83. The molecule has 0 bridgehead atoms. The largest absolute Gasteiger partial charge is 0.496 e. The topological polar surface area (TPSA) is 31.2 Å². The first-order valence-electron chi connectivity index (χ1n) is 7.59. The Kier molecular flexibility index (Phi) is 3.00. The van der Waals surface area contributed by atoms with Gasteiger partial charge >= 0.3 is 0 Å². The number of nitrogens with zero attached hydrogens (tertiary/aromatic N) is 1. The highest BCUT2D eigenvalue weighted by Gasteiger charge is 2.22. The average Bonchev–Trinajstić information content (AvgIpc) is 2.96. The molecule has 0 saturated heterocycles. The lowest BCUT2D eigenvalue weighted by molar-refractivity contribution is 0.0965. The van der Waals surface area contributed by atoms with Crippen molar-refractivity contribution in [3.8, 4) is 5.75 Å². The van der Waals surface area contributed by atoms with Crippen LogP contribution in [0.25, 0.3) is 10.9 Å². The van der Waals surface area contributed by atoms with Gasteiger partial charge in [0.1, 0.15) is 5.75 Å². The molecule has 0 atom stereocenters. The van der Waals surface area contributed by atoms with Gasteiger partial charge in [-0.1, -0.05) is 18.2 Å². The Hall–Kier alpha value is -2.55. The molecular weight excluding hydrogens is 274 g/mol. The molecule has 0 aliphatic heterocycles. The van der Waals surface area contributed by atoms with Gasteiger partial charge in [-0.2, -0.15) is 0 Å². The van der Waals surface area contributed by atoms with Crippen molar-refractivity contribution in [3.05, 3.63) is 65.4 Å². The molecule has 1 heterocycles. The van der Waals surface area contributed by atoms with E-state index in [-0.39, 0.29) is 5.91 Å². The second-order valence-corrected chi connectivity index (χ2v) is 5.69. The highest BCUT2D eigenvalue weighted by Crippen LogP contribution is 2.37. The van der Waals surface area contributed by atoms with E-state index < -0.39 is 0 Å². The van der Waals surface area contributed by atoms with Crippen molar-refractivity contribution in [2.24, 2.45) is 0 Å². The van der Waals surface area contributed by atoms with Gasteiger partial charge in [0, 0.05) is 22.7 Å². The van der Waals surface area contributed by atoms with E-state index in [1.54, 1.807) is 11.7 Å².